The number of fused-ring (bicyclic) bond motifs is 1. The van der Waals surface area contributed by atoms with E-state index in [4.69, 9.17) is 0 Å². The summed E-state index contributed by atoms with van der Waals surface area (Å²) in [6.07, 6.45) is 2.83. The van der Waals surface area contributed by atoms with Crippen LogP contribution in [0.1, 0.15) is 10.4 Å². The Kier molecular flexibility index (Phi) is 4.21. The van der Waals surface area contributed by atoms with Crippen molar-refractivity contribution in [1.29, 1.82) is 0 Å². The van der Waals surface area contributed by atoms with Crippen molar-refractivity contribution in [2.45, 2.75) is 6.04 Å². The number of Topliss-reactive ketones (excluding diaryl/α,β-unsaturated/α-hetero) is 1. The van der Waals surface area contributed by atoms with Gasteiger partial charge in [0.05, 0.1) is 18.0 Å². The number of nitrogens with zero attached hydrogens (tertiary/aromatic N) is 4. The number of aromatic carboxylic acids is 1. The minimum absolute atomic E-state index is 0.0675. The Morgan fingerprint density at radius 2 is 2.19 bits per heavy atom. The first-order valence-electron chi connectivity index (χ1n) is 8.14. The van der Waals surface area contributed by atoms with Gasteiger partial charge in [0.1, 0.15) is 11.4 Å². The lowest BCUT2D eigenvalue weighted by atomic mass is 10.2. The van der Waals surface area contributed by atoms with Gasteiger partial charge in [-0.2, -0.15) is 0 Å². The minimum atomic E-state index is -1.31. The smallest absolute Gasteiger partial charge is 0.341 e. The zero-order valence-electron chi connectivity index (χ0n) is 14.2. The zero-order chi connectivity index (χ0) is 19.1. The van der Waals surface area contributed by atoms with Crippen LogP contribution < -0.4 is 15.6 Å². The zero-order valence-corrected chi connectivity index (χ0v) is 15.1. The maximum Gasteiger partial charge on any atom is 0.341 e. The van der Waals surface area contributed by atoms with Gasteiger partial charge in [0.25, 0.3) is 0 Å². The van der Waals surface area contributed by atoms with E-state index < -0.39 is 11.4 Å². The number of carboxylic acid groups (broad SMARTS) is 1. The highest BCUT2D eigenvalue weighted by Crippen LogP contribution is 2.23. The van der Waals surface area contributed by atoms with Crippen LogP contribution in [0.3, 0.4) is 0 Å². The molecule has 9 nitrogen and oxygen atoms in total. The number of hydrogen-bond acceptors (Lipinski definition) is 8. The fraction of sp³-hybridized carbons (Fsp3) is 0.235. The van der Waals surface area contributed by atoms with Crippen LogP contribution in [0.15, 0.2) is 34.7 Å². The van der Waals surface area contributed by atoms with Crippen LogP contribution in [-0.2, 0) is 4.79 Å². The van der Waals surface area contributed by atoms with Crippen molar-refractivity contribution in [2.24, 2.45) is 0 Å². The number of carbonyl (C=O) groups excluding carboxylic acids is 1. The summed E-state index contributed by atoms with van der Waals surface area (Å²) < 4.78 is 1.50. The third-order valence-corrected chi connectivity index (χ3v) is 5.27. The molecular formula is C17H15N5O4S. The first-order valence-corrected chi connectivity index (χ1v) is 9.02. The molecule has 0 aliphatic carbocycles. The van der Waals surface area contributed by atoms with Gasteiger partial charge < -0.3 is 15.3 Å². The van der Waals surface area contributed by atoms with Crippen molar-refractivity contribution in [3.8, 4) is 5.13 Å². The number of carboxylic acids is 1. The number of aromatic nitrogens is 3. The number of hydrogen-bond donors (Lipinski definition) is 2. The average molecular weight is 385 g/mol. The molecule has 3 aromatic heterocycles. The SMILES string of the molecule is CN[C@H]1CN(c2ccc3c(=O)c(C(=O)O)cn(-c4nccs4)c3n2)CC1=O. The summed E-state index contributed by atoms with van der Waals surface area (Å²) in [5.74, 6) is -0.697. The molecule has 27 heavy (non-hydrogen) atoms. The van der Waals surface area contributed by atoms with E-state index in [1.54, 1.807) is 30.8 Å². The standard InChI is InChI=1S/C17H15N5O4S/c1-18-11-7-21(8-12(11)23)13-3-2-9-14(24)10(16(25)26)6-22(15(9)20-13)17-19-4-5-27-17/h2-6,11,18H,7-8H2,1H3,(H,25,26)/t11-/m0/s1. The number of anilines is 1. The van der Waals surface area contributed by atoms with Crippen molar-refractivity contribution in [1.82, 2.24) is 19.9 Å². The molecule has 0 saturated carbocycles. The van der Waals surface area contributed by atoms with E-state index >= 15 is 0 Å². The monoisotopic (exact) mass is 385 g/mol. The second-order valence-corrected chi connectivity index (χ2v) is 6.96. The summed E-state index contributed by atoms with van der Waals surface area (Å²) >= 11 is 1.30. The molecule has 1 aliphatic heterocycles. The fourth-order valence-electron chi connectivity index (χ4n) is 3.11. The highest BCUT2D eigenvalue weighted by molar-refractivity contribution is 7.12. The second kappa shape index (κ2) is 6.56. The Bertz CT molecular complexity index is 1110. The van der Waals surface area contributed by atoms with Gasteiger partial charge in [0, 0.05) is 24.3 Å². The molecule has 1 saturated heterocycles. The summed E-state index contributed by atoms with van der Waals surface area (Å²) in [6.45, 7) is 0.696. The molecular weight excluding hydrogens is 370 g/mol. The van der Waals surface area contributed by atoms with Crippen molar-refractivity contribution < 1.29 is 14.7 Å². The molecule has 138 valence electrons. The van der Waals surface area contributed by atoms with Crippen LogP contribution in [0, 0.1) is 0 Å². The van der Waals surface area contributed by atoms with Crippen molar-refractivity contribution in [3.05, 3.63) is 45.7 Å². The van der Waals surface area contributed by atoms with Crippen LogP contribution in [-0.4, -0.2) is 57.6 Å². The number of nitrogens with one attached hydrogen (secondary N) is 1. The number of likely N-dealkylation sites (N-methyl/N-ethyl adjacent to an activating group) is 1. The topological polar surface area (TPSA) is 117 Å². The van der Waals surface area contributed by atoms with Crippen molar-refractivity contribution >= 4 is 39.9 Å². The van der Waals surface area contributed by atoms with Gasteiger partial charge in [0.15, 0.2) is 16.6 Å². The summed E-state index contributed by atoms with van der Waals surface area (Å²) in [6, 6.07) is 2.92. The molecule has 0 bridgehead atoms. The van der Waals surface area contributed by atoms with Gasteiger partial charge in [-0.25, -0.2) is 14.8 Å². The maximum atomic E-state index is 12.5. The summed E-state index contributed by atoms with van der Waals surface area (Å²) in [4.78, 5) is 46.6. The highest BCUT2D eigenvalue weighted by atomic mass is 32.1. The third-order valence-electron chi connectivity index (χ3n) is 4.50. The molecule has 1 atom stereocenters. The quantitative estimate of drug-likeness (QED) is 0.667. The fourth-order valence-corrected chi connectivity index (χ4v) is 3.73. The van der Waals surface area contributed by atoms with E-state index in [-0.39, 0.29) is 29.3 Å². The van der Waals surface area contributed by atoms with Crippen LogP contribution >= 0.6 is 11.3 Å². The molecule has 3 aromatic rings. The highest BCUT2D eigenvalue weighted by Gasteiger charge is 2.30. The van der Waals surface area contributed by atoms with Crippen molar-refractivity contribution in [2.75, 3.05) is 25.0 Å². The lowest BCUT2D eigenvalue weighted by Crippen LogP contribution is -2.33. The molecule has 1 fully saturated rings. The molecule has 1 aliphatic rings. The van der Waals surface area contributed by atoms with Crippen LogP contribution in [0.2, 0.25) is 0 Å². The first kappa shape index (κ1) is 17.3. The first-order chi connectivity index (χ1) is 13.0. The molecule has 4 heterocycles. The summed E-state index contributed by atoms with van der Waals surface area (Å²) in [5, 5.41) is 14.8. The molecule has 4 rings (SSSR count). The predicted octanol–water partition coefficient (Wildman–Crippen LogP) is 0.517. The largest absolute Gasteiger partial charge is 0.477 e. The number of rotatable bonds is 4. The Hall–Kier alpha value is -3.11. The predicted molar refractivity (Wildman–Crippen MR) is 100 cm³/mol. The van der Waals surface area contributed by atoms with Gasteiger partial charge in [-0.1, -0.05) is 0 Å². The van der Waals surface area contributed by atoms with Gasteiger partial charge in [-0.05, 0) is 19.2 Å². The summed E-state index contributed by atoms with van der Waals surface area (Å²) in [7, 11) is 1.73. The number of pyridine rings is 2. The normalized spacial score (nSPS) is 17.0. The van der Waals surface area contributed by atoms with E-state index in [2.05, 4.69) is 15.3 Å². The molecule has 10 heteroatoms. The Morgan fingerprint density at radius 1 is 1.37 bits per heavy atom. The second-order valence-electron chi connectivity index (χ2n) is 6.09. The van der Waals surface area contributed by atoms with E-state index in [0.29, 0.717) is 23.1 Å². The number of carbonyl (C=O) groups is 2. The van der Waals surface area contributed by atoms with E-state index in [0.717, 1.165) is 0 Å². The van der Waals surface area contributed by atoms with Crippen LogP contribution in [0.5, 0.6) is 0 Å². The van der Waals surface area contributed by atoms with Gasteiger partial charge in [0.2, 0.25) is 5.43 Å². The molecule has 2 N–H and O–H groups in total. The van der Waals surface area contributed by atoms with Crippen LogP contribution in [0.25, 0.3) is 16.2 Å². The van der Waals surface area contributed by atoms with E-state index in [1.807, 2.05) is 4.90 Å². The lowest BCUT2D eigenvalue weighted by molar-refractivity contribution is -0.117. The van der Waals surface area contributed by atoms with E-state index in [9.17, 15) is 19.5 Å². The molecule has 0 amide bonds. The average Bonchev–Trinajstić information content (AvgIpc) is 3.31. The molecule has 0 unspecified atom stereocenters. The number of thiazole rings is 1. The Labute approximate surface area is 156 Å². The Balaban J connectivity index is 1.91. The molecule has 0 radical (unpaired) electrons. The molecule has 0 aromatic carbocycles. The summed E-state index contributed by atoms with van der Waals surface area (Å²) in [5.41, 5.74) is -0.647. The minimum Gasteiger partial charge on any atom is -0.477 e. The van der Waals surface area contributed by atoms with E-state index in [1.165, 1.54) is 22.1 Å². The van der Waals surface area contributed by atoms with Gasteiger partial charge >= 0.3 is 5.97 Å². The molecule has 0 spiro atoms. The van der Waals surface area contributed by atoms with Gasteiger partial charge in [-0.15, -0.1) is 11.3 Å². The maximum absolute atomic E-state index is 12.5. The van der Waals surface area contributed by atoms with Crippen molar-refractivity contribution in [3.63, 3.8) is 0 Å². The number of ketones is 1. The third kappa shape index (κ3) is 2.88. The van der Waals surface area contributed by atoms with Gasteiger partial charge in [-0.3, -0.25) is 14.2 Å². The Morgan fingerprint density at radius 3 is 2.81 bits per heavy atom. The lowest BCUT2D eigenvalue weighted by Gasteiger charge is -2.17. The van der Waals surface area contributed by atoms with Crippen LogP contribution in [0.4, 0.5) is 5.82 Å².